The van der Waals surface area contributed by atoms with Crippen molar-refractivity contribution in [3.05, 3.63) is 0 Å². The maximum atomic E-state index is 8.40. The lowest BCUT2D eigenvalue weighted by molar-refractivity contribution is 0.278. The van der Waals surface area contributed by atoms with E-state index in [0.717, 1.165) is 5.92 Å². The highest BCUT2D eigenvalue weighted by atomic mass is 16.4. The Morgan fingerprint density at radius 1 is 1.45 bits per heavy atom. The van der Waals surface area contributed by atoms with Gasteiger partial charge in [0.2, 0.25) is 0 Å². The third-order valence-corrected chi connectivity index (χ3v) is 2.75. The summed E-state index contributed by atoms with van der Waals surface area (Å²) in [5.74, 6) is 1.30. The second-order valence-corrected chi connectivity index (χ2v) is 3.38. The minimum Gasteiger partial charge on any atom is -0.411 e. The van der Waals surface area contributed by atoms with Gasteiger partial charge in [0.25, 0.3) is 0 Å². The Bertz CT molecular complexity index is 134. The van der Waals surface area contributed by atoms with Gasteiger partial charge in [-0.05, 0) is 18.8 Å². The molecule has 1 fully saturated rings. The van der Waals surface area contributed by atoms with Gasteiger partial charge in [-0.2, -0.15) is 0 Å². The Morgan fingerprint density at radius 3 is 2.82 bits per heavy atom. The average molecular weight is 155 g/mol. The molecule has 1 aliphatic carbocycles. The van der Waals surface area contributed by atoms with Gasteiger partial charge >= 0.3 is 0 Å². The topological polar surface area (TPSA) is 32.6 Å². The van der Waals surface area contributed by atoms with Crippen LogP contribution in [0.2, 0.25) is 0 Å². The van der Waals surface area contributed by atoms with Crippen molar-refractivity contribution in [3.8, 4) is 0 Å². The summed E-state index contributed by atoms with van der Waals surface area (Å²) < 4.78 is 0. The molecule has 2 atom stereocenters. The molecule has 0 aromatic heterocycles. The number of hydrogen-bond acceptors (Lipinski definition) is 2. The lowest BCUT2D eigenvalue weighted by Gasteiger charge is -2.27. The molecule has 0 amide bonds. The van der Waals surface area contributed by atoms with Crippen molar-refractivity contribution in [1.29, 1.82) is 0 Å². The van der Waals surface area contributed by atoms with Crippen LogP contribution in [0.15, 0.2) is 5.16 Å². The van der Waals surface area contributed by atoms with E-state index in [0.29, 0.717) is 5.92 Å². The molecule has 0 aliphatic heterocycles. The van der Waals surface area contributed by atoms with Gasteiger partial charge in [-0.15, -0.1) is 5.16 Å². The van der Waals surface area contributed by atoms with E-state index in [1.165, 1.54) is 32.1 Å². The summed E-state index contributed by atoms with van der Waals surface area (Å²) in [5, 5.41) is 11.5. The van der Waals surface area contributed by atoms with Crippen LogP contribution in [0, 0.1) is 11.8 Å². The number of nitrogens with zero attached hydrogens (tertiary/aromatic N) is 1. The molecule has 0 saturated heterocycles. The summed E-state index contributed by atoms with van der Waals surface area (Å²) in [6.07, 6.45) is 8.11. The normalized spacial score (nSPS) is 32.8. The van der Waals surface area contributed by atoms with Crippen LogP contribution in [0.3, 0.4) is 0 Å². The quantitative estimate of drug-likeness (QED) is 0.371. The van der Waals surface area contributed by atoms with Crippen molar-refractivity contribution in [2.75, 3.05) is 0 Å². The summed E-state index contributed by atoms with van der Waals surface area (Å²) in [6, 6.07) is 0. The van der Waals surface area contributed by atoms with E-state index in [1.54, 1.807) is 6.21 Å². The first-order valence-corrected chi connectivity index (χ1v) is 4.56. The predicted molar refractivity (Wildman–Crippen MR) is 46.0 cm³/mol. The summed E-state index contributed by atoms with van der Waals surface area (Å²) >= 11 is 0. The highest BCUT2D eigenvalue weighted by Crippen LogP contribution is 2.30. The van der Waals surface area contributed by atoms with Gasteiger partial charge in [0.1, 0.15) is 0 Å². The molecule has 1 N–H and O–H groups in total. The van der Waals surface area contributed by atoms with E-state index in [2.05, 4.69) is 12.1 Å². The average Bonchev–Trinajstić information content (AvgIpc) is 2.06. The molecule has 2 unspecified atom stereocenters. The van der Waals surface area contributed by atoms with Crippen LogP contribution in [0.25, 0.3) is 0 Å². The van der Waals surface area contributed by atoms with Crippen LogP contribution in [0.5, 0.6) is 0 Å². The molecule has 0 bridgehead atoms. The van der Waals surface area contributed by atoms with Crippen LogP contribution < -0.4 is 0 Å². The fourth-order valence-corrected chi connectivity index (χ4v) is 2.03. The predicted octanol–water partition coefficient (Wildman–Crippen LogP) is 2.66. The molecule has 11 heavy (non-hydrogen) atoms. The summed E-state index contributed by atoms with van der Waals surface area (Å²) in [7, 11) is 0. The van der Waals surface area contributed by atoms with Crippen LogP contribution in [0.1, 0.15) is 39.0 Å². The van der Waals surface area contributed by atoms with Gasteiger partial charge < -0.3 is 5.21 Å². The van der Waals surface area contributed by atoms with Gasteiger partial charge in [-0.3, -0.25) is 0 Å². The van der Waals surface area contributed by atoms with Crippen LogP contribution in [-0.4, -0.2) is 11.4 Å². The molecule has 1 aliphatic rings. The number of oxime groups is 1. The fourth-order valence-electron chi connectivity index (χ4n) is 2.03. The molecule has 64 valence electrons. The van der Waals surface area contributed by atoms with E-state index in [4.69, 9.17) is 5.21 Å². The molecule has 0 aromatic carbocycles. The first kappa shape index (κ1) is 8.57. The van der Waals surface area contributed by atoms with Crippen molar-refractivity contribution in [2.24, 2.45) is 17.0 Å². The maximum Gasteiger partial charge on any atom is 0.0469 e. The van der Waals surface area contributed by atoms with E-state index in [-0.39, 0.29) is 0 Å². The van der Waals surface area contributed by atoms with Crippen molar-refractivity contribution >= 4 is 6.21 Å². The minimum atomic E-state index is 0.541. The largest absolute Gasteiger partial charge is 0.411 e. The molecule has 2 nitrogen and oxygen atoms in total. The minimum absolute atomic E-state index is 0.541. The molecule has 0 heterocycles. The second kappa shape index (κ2) is 4.37. The third kappa shape index (κ3) is 2.21. The van der Waals surface area contributed by atoms with E-state index in [9.17, 15) is 0 Å². The smallest absolute Gasteiger partial charge is 0.0469 e. The van der Waals surface area contributed by atoms with Crippen molar-refractivity contribution in [3.63, 3.8) is 0 Å². The molecule has 0 radical (unpaired) electrons. The molecule has 2 heteroatoms. The van der Waals surface area contributed by atoms with Crippen molar-refractivity contribution in [2.45, 2.75) is 39.0 Å². The molecular formula is C9H17NO. The van der Waals surface area contributed by atoms with Crippen LogP contribution >= 0.6 is 0 Å². The first-order chi connectivity index (χ1) is 5.38. The molecule has 1 rings (SSSR count). The highest BCUT2D eigenvalue weighted by molar-refractivity contribution is 5.60. The fraction of sp³-hybridized carbons (Fsp3) is 0.889. The monoisotopic (exact) mass is 155 g/mol. The molecular weight excluding hydrogens is 138 g/mol. The van der Waals surface area contributed by atoms with E-state index >= 15 is 0 Å². The molecule has 0 spiro atoms. The van der Waals surface area contributed by atoms with Crippen molar-refractivity contribution < 1.29 is 5.21 Å². The number of rotatable bonds is 2. The summed E-state index contributed by atoms with van der Waals surface area (Å²) in [5.41, 5.74) is 0. The first-order valence-electron chi connectivity index (χ1n) is 4.56. The standard InChI is InChI=1S/C9H17NO/c1-2-8-5-3-4-6-9(8)7-10-11/h7-9,11H,2-6H2,1H3/b10-7+. The van der Waals surface area contributed by atoms with Gasteiger partial charge in [0.05, 0.1) is 0 Å². The van der Waals surface area contributed by atoms with Gasteiger partial charge in [0, 0.05) is 12.1 Å². The van der Waals surface area contributed by atoms with E-state index < -0.39 is 0 Å². The van der Waals surface area contributed by atoms with Crippen LogP contribution in [0.4, 0.5) is 0 Å². The lowest BCUT2D eigenvalue weighted by atomic mass is 9.78. The Kier molecular flexibility index (Phi) is 3.40. The highest BCUT2D eigenvalue weighted by Gasteiger charge is 2.21. The van der Waals surface area contributed by atoms with E-state index in [1.807, 2.05) is 0 Å². The Balaban J connectivity index is 2.44. The summed E-state index contributed by atoms with van der Waals surface area (Å²) in [6.45, 7) is 2.22. The molecule has 1 saturated carbocycles. The van der Waals surface area contributed by atoms with Crippen molar-refractivity contribution in [1.82, 2.24) is 0 Å². The van der Waals surface area contributed by atoms with Gasteiger partial charge in [0.15, 0.2) is 0 Å². The van der Waals surface area contributed by atoms with Gasteiger partial charge in [-0.1, -0.05) is 26.2 Å². The van der Waals surface area contributed by atoms with Crippen LogP contribution in [-0.2, 0) is 0 Å². The number of hydrogen-bond donors (Lipinski definition) is 1. The summed E-state index contributed by atoms with van der Waals surface area (Å²) in [4.78, 5) is 0. The Labute approximate surface area is 68.3 Å². The zero-order valence-corrected chi connectivity index (χ0v) is 7.16. The lowest BCUT2D eigenvalue weighted by Crippen LogP contribution is -2.19. The zero-order valence-electron chi connectivity index (χ0n) is 7.16. The Hall–Kier alpha value is -0.530. The zero-order chi connectivity index (χ0) is 8.10. The Morgan fingerprint density at radius 2 is 2.18 bits per heavy atom. The second-order valence-electron chi connectivity index (χ2n) is 3.38. The molecule has 0 aromatic rings. The maximum absolute atomic E-state index is 8.40. The SMILES string of the molecule is CCC1CCCCC1/C=N/O. The van der Waals surface area contributed by atoms with Gasteiger partial charge in [-0.25, -0.2) is 0 Å². The third-order valence-electron chi connectivity index (χ3n) is 2.75.